The van der Waals surface area contributed by atoms with Crippen LogP contribution in [0.5, 0.6) is 5.75 Å². The Kier molecular flexibility index (Phi) is 4.66. The first-order valence-corrected chi connectivity index (χ1v) is 7.33. The van der Waals surface area contributed by atoms with Crippen molar-refractivity contribution in [2.45, 2.75) is 16.7 Å². The summed E-state index contributed by atoms with van der Waals surface area (Å²) in [5, 5.41) is 0. The number of rotatable bonds is 4. The zero-order chi connectivity index (χ0) is 13.8. The van der Waals surface area contributed by atoms with Crippen molar-refractivity contribution in [3.63, 3.8) is 0 Å². The Morgan fingerprint density at radius 2 is 1.84 bits per heavy atom. The van der Waals surface area contributed by atoms with Gasteiger partial charge in [-0.15, -0.1) is 0 Å². The lowest BCUT2D eigenvalue weighted by molar-refractivity contribution is 0.101. The predicted octanol–water partition coefficient (Wildman–Crippen LogP) is 4.81. The van der Waals surface area contributed by atoms with Crippen LogP contribution in [0.15, 0.2) is 56.7 Å². The Labute approximate surface area is 125 Å². The molecule has 0 atom stereocenters. The zero-order valence-electron chi connectivity index (χ0n) is 10.6. The minimum Gasteiger partial charge on any atom is -0.497 e. The highest BCUT2D eigenvalue weighted by Gasteiger charge is 2.09. The van der Waals surface area contributed by atoms with Gasteiger partial charge in [0.2, 0.25) is 0 Å². The number of ether oxygens (including phenoxy) is 1. The normalized spacial score (nSPS) is 10.3. The summed E-state index contributed by atoms with van der Waals surface area (Å²) in [7, 11) is 1.64. The fraction of sp³-hybridized carbons (Fsp3) is 0.133. The summed E-state index contributed by atoms with van der Waals surface area (Å²) in [6.07, 6.45) is 0. The summed E-state index contributed by atoms with van der Waals surface area (Å²) >= 11 is 4.96. The van der Waals surface area contributed by atoms with Crippen molar-refractivity contribution in [2.75, 3.05) is 7.11 Å². The van der Waals surface area contributed by atoms with Gasteiger partial charge in [-0.2, -0.15) is 0 Å². The second-order valence-electron chi connectivity index (χ2n) is 3.97. The molecule has 0 saturated carbocycles. The number of carbonyl (C=O) groups is 1. The van der Waals surface area contributed by atoms with Crippen molar-refractivity contribution in [1.82, 2.24) is 0 Å². The summed E-state index contributed by atoms with van der Waals surface area (Å²) in [4.78, 5) is 13.7. The number of methoxy groups -OCH3 is 1. The number of hydrogen-bond donors (Lipinski definition) is 0. The lowest BCUT2D eigenvalue weighted by Gasteiger charge is -2.08. The molecule has 0 saturated heterocycles. The lowest BCUT2D eigenvalue weighted by atomic mass is 10.1. The van der Waals surface area contributed by atoms with Crippen molar-refractivity contribution in [3.05, 3.63) is 52.5 Å². The summed E-state index contributed by atoms with van der Waals surface area (Å²) in [5.41, 5.74) is 0.732. The maximum Gasteiger partial charge on any atom is 0.160 e. The van der Waals surface area contributed by atoms with E-state index in [1.54, 1.807) is 25.8 Å². The van der Waals surface area contributed by atoms with Gasteiger partial charge in [0, 0.05) is 19.8 Å². The molecule has 2 nitrogen and oxygen atoms in total. The molecule has 0 fully saturated rings. The molecule has 2 aromatic rings. The summed E-state index contributed by atoms with van der Waals surface area (Å²) in [5.74, 6) is 0.893. The fourth-order valence-electron chi connectivity index (χ4n) is 1.64. The quantitative estimate of drug-likeness (QED) is 0.749. The maximum atomic E-state index is 11.7. The Morgan fingerprint density at radius 1 is 1.16 bits per heavy atom. The van der Waals surface area contributed by atoms with Gasteiger partial charge in [0.25, 0.3) is 0 Å². The predicted molar refractivity (Wildman–Crippen MR) is 81.3 cm³/mol. The molecule has 0 heterocycles. The van der Waals surface area contributed by atoms with Crippen LogP contribution in [0.25, 0.3) is 0 Å². The third kappa shape index (κ3) is 3.61. The standard InChI is InChI=1S/C15H13BrO2S/c1-10(17)14-9-11(16)3-8-15(14)19-13-6-4-12(18-2)5-7-13/h3-9H,1-2H3. The number of ketones is 1. The van der Waals surface area contributed by atoms with Gasteiger partial charge in [-0.1, -0.05) is 27.7 Å². The average Bonchev–Trinajstić information content (AvgIpc) is 2.41. The molecule has 4 heteroatoms. The minimum atomic E-state index is 0.0670. The van der Waals surface area contributed by atoms with Crippen LogP contribution in [-0.4, -0.2) is 12.9 Å². The van der Waals surface area contributed by atoms with Crippen molar-refractivity contribution in [3.8, 4) is 5.75 Å². The smallest absolute Gasteiger partial charge is 0.160 e. The van der Waals surface area contributed by atoms with Crippen LogP contribution in [0.4, 0.5) is 0 Å². The minimum absolute atomic E-state index is 0.0670. The van der Waals surface area contributed by atoms with E-state index < -0.39 is 0 Å². The number of carbonyl (C=O) groups excluding carboxylic acids is 1. The Balaban J connectivity index is 2.29. The van der Waals surface area contributed by atoms with E-state index in [1.165, 1.54) is 0 Å². The molecule has 0 unspecified atom stereocenters. The van der Waals surface area contributed by atoms with Crippen LogP contribution in [0.1, 0.15) is 17.3 Å². The third-order valence-electron chi connectivity index (χ3n) is 2.61. The van der Waals surface area contributed by atoms with Crippen LogP contribution in [0.3, 0.4) is 0 Å². The first-order chi connectivity index (χ1) is 9.10. The second-order valence-corrected chi connectivity index (χ2v) is 6.01. The van der Waals surface area contributed by atoms with E-state index >= 15 is 0 Å². The van der Waals surface area contributed by atoms with Crippen molar-refractivity contribution < 1.29 is 9.53 Å². The van der Waals surface area contributed by atoms with E-state index in [4.69, 9.17) is 4.74 Å². The molecular weight excluding hydrogens is 324 g/mol. The van der Waals surface area contributed by atoms with Gasteiger partial charge in [0.15, 0.2) is 5.78 Å². The number of benzene rings is 2. The van der Waals surface area contributed by atoms with Gasteiger partial charge in [-0.05, 0) is 49.4 Å². The molecule has 0 amide bonds. The number of hydrogen-bond acceptors (Lipinski definition) is 3. The van der Waals surface area contributed by atoms with E-state index in [1.807, 2.05) is 42.5 Å². The maximum absolute atomic E-state index is 11.7. The largest absolute Gasteiger partial charge is 0.497 e. The van der Waals surface area contributed by atoms with Crippen molar-refractivity contribution >= 4 is 33.5 Å². The number of Topliss-reactive ketones (excluding diaryl/α,β-unsaturated/α-hetero) is 1. The molecule has 0 aliphatic heterocycles. The van der Waals surface area contributed by atoms with Crippen LogP contribution < -0.4 is 4.74 Å². The molecule has 0 radical (unpaired) electrons. The molecule has 19 heavy (non-hydrogen) atoms. The first-order valence-electron chi connectivity index (χ1n) is 5.72. The molecule has 0 spiro atoms. The van der Waals surface area contributed by atoms with Gasteiger partial charge in [-0.3, -0.25) is 4.79 Å². The Morgan fingerprint density at radius 3 is 2.42 bits per heavy atom. The van der Waals surface area contributed by atoms with Crippen molar-refractivity contribution in [2.24, 2.45) is 0 Å². The van der Waals surface area contributed by atoms with Gasteiger partial charge < -0.3 is 4.74 Å². The Hall–Kier alpha value is -1.26. The van der Waals surface area contributed by atoms with E-state index in [-0.39, 0.29) is 5.78 Å². The van der Waals surface area contributed by atoms with Gasteiger partial charge in [0.1, 0.15) is 5.75 Å². The first kappa shape index (κ1) is 14.2. The molecule has 98 valence electrons. The Bertz CT molecular complexity index is 594. The second kappa shape index (κ2) is 6.26. The molecular formula is C15H13BrO2S. The molecule has 2 aromatic carbocycles. The van der Waals surface area contributed by atoms with E-state index in [0.717, 1.165) is 25.6 Å². The van der Waals surface area contributed by atoms with Gasteiger partial charge >= 0.3 is 0 Å². The highest BCUT2D eigenvalue weighted by Crippen LogP contribution is 2.33. The van der Waals surface area contributed by atoms with E-state index in [9.17, 15) is 4.79 Å². The van der Waals surface area contributed by atoms with Crippen LogP contribution in [0, 0.1) is 0 Å². The SMILES string of the molecule is COc1ccc(Sc2ccc(Br)cc2C(C)=O)cc1. The van der Waals surface area contributed by atoms with Crippen LogP contribution in [-0.2, 0) is 0 Å². The monoisotopic (exact) mass is 336 g/mol. The summed E-state index contributed by atoms with van der Waals surface area (Å²) in [6, 6.07) is 13.5. The third-order valence-corrected chi connectivity index (χ3v) is 4.19. The van der Waals surface area contributed by atoms with Gasteiger partial charge in [-0.25, -0.2) is 0 Å². The molecule has 0 bridgehead atoms. The van der Waals surface area contributed by atoms with Gasteiger partial charge in [0.05, 0.1) is 7.11 Å². The summed E-state index contributed by atoms with van der Waals surface area (Å²) in [6.45, 7) is 1.58. The zero-order valence-corrected chi connectivity index (χ0v) is 13.0. The van der Waals surface area contributed by atoms with Crippen molar-refractivity contribution in [1.29, 1.82) is 0 Å². The topological polar surface area (TPSA) is 26.3 Å². The highest BCUT2D eigenvalue weighted by atomic mass is 79.9. The highest BCUT2D eigenvalue weighted by molar-refractivity contribution is 9.10. The lowest BCUT2D eigenvalue weighted by Crippen LogP contribution is -1.95. The fourth-order valence-corrected chi connectivity index (χ4v) is 2.97. The van der Waals surface area contributed by atoms with E-state index in [2.05, 4.69) is 15.9 Å². The molecule has 2 rings (SSSR count). The molecule has 0 aliphatic rings. The molecule has 0 N–H and O–H groups in total. The summed E-state index contributed by atoms with van der Waals surface area (Å²) < 4.78 is 6.04. The molecule has 0 aliphatic carbocycles. The molecule has 0 aromatic heterocycles. The van der Waals surface area contributed by atoms with Crippen LogP contribution >= 0.6 is 27.7 Å². The number of halogens is 1. The van der Waals surface area contributed by atoms with E-state index in [0.29, 0.717) is 0 Å². The van der Waals surface area contributed by atoms with Crippen LogP contribution in [0.2, 0.25) is 0 Å². The average molecular weight is 337 g/mol.